The Morgan fingerprint density at radius 1 is 1.35 bits per heavy atom. The van der Waals surface area contributed by atoms with Crippen LogP contribution in [0.15, 0.2) is 12.1 Å². The van der Waals surface area contributed by atoms with Gasteiger partial charge in [0.2, 0.25) is 0 Å². The SMILES string of the molecule is CCCC(C(N)=S)N1CCN(c2ccc(Cl)nn2)CC1. The lowest BCUT2D eigenvalue weighted by Crippen LogP contribution is -2.54. The molecule has 0 amide bonds. The van der Waals surface area contributed by atoms with Gasteiger partial charge in [-0.3, -0.25) is 4.90 Å². The van der Waals surface area contributed by atoms with Crippen LogP contribution in [0.5, 0.6) is 0 Å². The highest BCUT2D eigenvalue weighted by atomic mass is 35.5. The minimum atomic E-state index is 0.216. The van der Waals surface area contributed by atoms with Crippen LogP contribution in [0.4, 0.5) is 5.82 Å². The molecule has 1 atom stereocenters. The highest BCUT2D eigenvalue weighted by Crippen LogP contribution is 2.17. The summed E-state index contributed by atoms with van der Waals surface area (Å²) < 4.78 is 0. The van der Waals surface area contributed by atoms with Gasteiger partial charge < -0.3 is 10.6 Å². The van der Waals surface area contributed by atoms with Gasteiger partial charge in [0, 0.05) is 26.2 Å². The van der Waals surface area contributed by atoms with E-state index in [1.165, 1.54) is 0 Å². The van der Waals surface area contributed by atoms with Gasteiger partial charge in [-0.25, -0.2) is 0 Å². The van der Waals surface area contributed by atoms with Crippen LogP contribution in [-0.4, -0.2) is 52.3 Å². The van der Waals surface area contributed by atoms with Crippen LogP contribution in [-0.2, 0) is 0 Å². The normalized spacial score (nSPS) is 18.0. The zero-order valence-corrected chi connectivity index (χ0v) is 13.2. The Balaban J connectivity index is 1.94. The molecule has 5 nitrogen and oxygen atoms in total. The molecule has 1 aliphatic heterocycles. The van der Waals surface area contributed by atoms with Crippen LogP contribution in [0.1, 0.15) is 19.8 Å². The van der Waals surface area contributed by atoms with Crippen molar-refractivity contribution < 1.29 is 0 Å². The van der Waals surface area contributed by atoms with Gasteiger partial charge in [0.05, 0.1) is 11.0 Å². The average Bonchev–Trinajstić information content (AvgIpc) is 2.45. The van der Waals surface area contributed by atoms with Crippen LogP contribution < -0.4 is 10.6 Å². The maximum atomic E-state index is 5.86. The van der Waals surface area contributed by atoms with Gasteiger partial charge in [-0.05, 0) is 18.6 Å². The molecule has 1 aliphatic rings. The molecular formula is C13H20ClN5S. The first-order valence-corrected chi connectivity index (χ1v) is 7.68. The smallest absolute Gasteiger partial charge is 0.151 e. The molecule has 7 heteroatoms. The van der Waals surface area contributed by atoms with Crippen molar-refractivity contribution in [3.63, 3.8) is 0 Å². The number of rotatable bonds is 5. The number of nitrogens with two attached hydrogens (primary N) is 1. The van der Waals surface area contributed by atoms with Crippen molar-refractivity contribution in [2.24, 2.45) is 5.73 Å². The van der Waals surface area contributed by atoms with E-state index in [-0.39, 0.29) is 6.04 Å². The highest BCUT2D eigenvalue weighted by Gasteiger charge is 2.25. The zero-order chi connectivity index (χ0) is 14.5. The summed E-state index contributed by atoms with van der Waals surface area (Å²) in [4.78, 5) is 5.18. The molecule has 1 aromatic rings. The maximum absolute atomic E-state index is 5.86. The largest absolute Gasteiger partial charge is 0.392 e. The van der Waals surface area contributed by atoms with E-state index in [4.69, 9.17) is 29.6 Å². The standard InChI is InChI=1S/C13H20ClN5S/c1-2-3-10(13(15)20)18-6-8-19(9-7-18)12-5-4-11(14)16-17-12/h4-5,10H,2-3,6-9H2,1H3,(H2,15,20). The first kappa shape index (κ1) is 15.4. The van der Waals surface area contributed by atoms with Crippen molar-refractivity contribution in [3.8, 4) is 0 Å². The molecule has 1 saturated heterocycles. The van der Waals surface area contributed by atoms with E-state index in [0.717, 1.165) is 44.8 Å². The first-order valence-electron chi connectivity index (χ1n) is 6.89. The molecule has 2 N–H and O–H groups in total. The van der Waals surface area contributed by atoms with Gasteiger partial charge in [-0.2, -0.15) is 0 Å². The molecule has 0 bridgehead atoms. The molecule has 110 valence electrons. The number of hydrogen-bond donors (Lipinski definition) is 1. The maximum Gasteiger partial charge on any atom is 0.151 e. The van der Waals surface area contributed by atoms with Gasteiger partial charge in [-0.15, -0.1) is 10.2 Å². The lowest BCUT2D eigenvalue weighted by molar-refractivity contribution is 0.219. The van der Waals surface area contributed by atoms with E-state index in [0.29, 0.717) is 10.1 Å². The van der Waals surface area contributed by atoms with Gasteiger partial charge in [0.25, 0.3) is 0 Å². The Morgan fingerprint density at radius 2 is 2.05 bits per heavy atom. The van der Waals surface area contributed by atoms with Gasteiger partial charge >= 0.3 is 0 Å². The summed E-state index contributed by atoms with van der Waals surface area (Å²) >= 11 is 10.9. The number of halogens is 1. The molecule has 2 rings (SSSR count). The minimum Gasteiger partial charge on any atom is -0.392 e. The van der Waals surface area contributed by atoms with Crippen molar-refractivity contribution in [1.29, 1.82) is 0 Å². The number of piperazine rings is 1. The van der Waals surface area contributed by atoms with E-state index < -0.39 is 0 Å². The second kappa shape index (κ2) is 7.15. The van der Waals surface area contributed by atoms with E-state index in [2.05, 4.69) is 26.9 Å². The Labute approximate surface area is 130 Å². The molecule has 0 saturated carbocycles. The van der Waals surface area contributed by atoms with Crippen molar-refractivity contribution in [3.05, 3.63) is 17.3 Å². The zero-order valence-electron chi connectivity index (χ0n) is 11.6. The van der Waals surface area contributed by atoms with Crippen molar-refractivity contribution in [2.75, 3.05) is 31.1 Å². The average molecular weight is 314 g/mol. The molecular weight excluding hydrogens is 294 g/mol. The third-order valence-corrected chi connectivity index (χ3v) is 4.06. The Bertz CT molecular complexity index is 445. The van der Waals surface area contributed by atoms with Gasteiger partial charge in [0.15, 0.2) is 11.0 Å². The van der Waals surface area contributed by atoms with E-state index in [9.17, 15) is 0 Å². The summed E-state index contributed by atoms with van der Waals surface area (Å²) in [5, 5.41) is 8.42. The summed E-state index contributed by atoms with van der Waals surface area (Å²) in [5.41, 5.74) is 5.86. The Kier molecular flexibility index (Phi) is 5.51. The first-order chi connectivity index (χ1) is 9.61. The van der Waals surface area contributed by atoms with Crippen molar-refractivity contribution in [2.45, 2.75) is 25.8 Å². The van der Waals surface area contributed by atoms with Crippen LogP contribution in [0.3, 0.4) is 0 Å². The molecule has 0 aromatic carbocycles. The molecule has 2 heterocycles. The van der Waals surface area contributed by atoms with Crippen LogP contribution in [0, 0.1) is 0 Å². The van der Waals surface area contributed by atoms with Gasteiger partial charge in [0.1, 0.15) is 0 Å². The third kappa shape index (κ3) is 3.77. The second-order valence-corrected chi connectivity index (χ2v) is 5.80. The number of hydrogen-bond acceptors (Lipinski definition) is 5. The lowest BCUT2D eigenvalue weighted by atomic mass is 10.1. The highest BCUT2D eigenvalue weighted by molar-refractivity contribution is 7.80. The Hall–Kier alpha value is -0.980. The van der Waals surface area contributed by atoms with Crippen molar-refractivity contribution >= 4 is 34.6 Å². The van der Waals surface area contributed by atoms with Crippen LogP contribution in [0.2, 0.25) is 5.15 Å². The summed E-state index contributed by atoms with van der Waals surface area (Å²) in [6.45, 7) is 5.84. The molecule has 0 spiro atoms. The fourth-order valence-corrected chi connectivity index (χ4v) is 2.89. The van der Waals surface area contributed by atoms with E-state index >= 15 is 0 Å². The minimum absolute atomic E-state index is 0.216. The number of anilines is 1. The summed E-state index contributed by atoms with van der Waals surface area (Å²) in [7, 11) is 0. The number of thiocarbonyl (C=S) groups is 1. The van der Waals surface area contributed by atoms with Crippen molar-refractivity contribution in [1.82, 2.24) is 15.1 Å². The second-order valence-electron chi connectivity index (χ2n) is 4.94. The molecule has 1 aromatic heterocycles. The quantitative estimate of drug-likeness (QED) is 0.835. The topological polar surface area (TPSA) is 58.3 Å². The Morgan fingerprint density at radius 3 is 2.55 bits per heavy atom. The molecule has 1 unspecified atom stereocenters. The monoisotopic (exact) mass is 313 g/mol. The molecule has 0 aliphatic carbocycles. The molecule has 1 fully saturated rings. The predicted octanol–water partition coefficient (Wildman–Crippen LogP) is 1.71. The lowest BCUT2D eigenvalue weighted by Gasteiger charge is -2.39. The predicted molar refractivity (Wildman–Crippen MR) is 86.3 cm³/mol. The fraction of sp³-hybridized carbons (Fsp3) is 0.615. The van der Waals surface area contributed by atoms with Crippen LogP contribution >= 0.6 is 23.8 Å². The van der Waals surface area contributed by atoms with E-state index in [1.807, 2.05) is 6.07 Å². The summed E-state index contributed by atoms with van der Waals surface area (Å²) in [5.74, 6) is 0.872. The van der Waals surface area contributed by atoms with Crippen LogP contribution in [0.25, 0.3) is 0 Å². The number of aromatic nitrogens is 2. The molecule has 20 heavy (non-hydrogen) atoms. The molecule has 0 radical (unpaired) electrons. The van der Waals surface area contributed by atoms with Gasteiger partial charge in [-0.1, -0.05) is 37.2 Å². The summed E-state index contributed by atoms with van der Waals surface area (Å²) in [6, 6.07) is 3.89. The summed E-state index contributed by atoms with van der Waals surface area (Å²) in [6.07, 6.45) is 2.11. The third-order valence-electron chi connectivity index (χ3n) is 3.59. The van der Waals surface area contributed by atoms with E-state index in [1.54, 1.807) is 6.07 Å². The number of nitrogens with zero attached hydrogens (tertiary/aromatic N) is 4. The fourth-order valence-electron chi connectivity index (χ4n) is 2.52.